The molecule has 0 bridgehead atoms. The molecule has 0 aromatic rings. The van der Waals surface area contributed by atoms with E-state index in [0.717, 1.165) is 32.2 Å². The van der Waals surface area contributed by atoms with Crippen molar-refractivity contribution in [3.8, 4) is 0 Å². The predicted octanol–water partition coefficient (Wildman–Crippen LogP) is 1.82. The van der Waals surface area contributed by atoms with E-state index in [1.807, 2.05) is 13.8 Å². The molecule has 21 heavy (non-hydrogen) atoms. The summed E-state index contributed by atoms with van der Waals surface area (Å²) in [6.45, 7) is 11.4. The Morgan fingerprint density at radius 2 is 1.81 bits per heavy atom. The zero-order chi connectivity index (χ0) is 15.7. The minimum Gasteiger partial charge on any atom is -0.314 e. The molecule has 6 heteroatoms. The third-order valence-electron chi connectivity index (χ3n) is 4.82. The van der Waals surface area contributed by atoms with Crippen LogP contribution < -0.4 is 5.32 Å². The molecule has 0 unspecified atom stereocenters. The van der Waals surface area contributed by atoms with Crippen molar-refractivity contribution in [2.24, 2.45) is 5.92 Å². The number of nitrogens with one attached hydrogen (secondary N) is 1. The topological polar surface area (TPSA) is 52.7 Å². The van der Waals surface area contributed by atoms with Gasteiger partial charge in [0.15, 0.2) is 0 Å². The molecule has 1 N–H and O–H groups in total. The highest BCUT2D eigenvalue weighted by Crippen LogP contribution is 2.33. The fraction of sp³-hybridized carbons (Fsp3) is 1.00. The van der Waals surface area contributed by atoms with Gasteiger partial charge in [0, 0.05) is 31.2 Å². The molecule has 2 fully saturated rings. The number of hydrogen-bond donors (Lipinski definition) is 1. The Labute approximate surface area is 130 Å². The third kappa shape index (κ3) is 3.97. The molecule has 0 saturated carbocycles. The van der Waals surface area contributed by atoms with E-state index >= 15 is 0 Å². The maximum absolute atomic E-state index is 12.8. The summed E-state index contributed by atoms with van der Waals surface area (Å²) in [5, 5.41) is 3.46. The van der Waals surface area contributed by atoms with Crippen LogP contribution in [-0.2, 0) is 10.2 Å². The Hall–Kier alpha value is -0.170. The summed E-state index contributed by atoms with van der Waals surface area (Å²) in [4.78, 5) is 0. The summed E-state index contributed by atoms with van der Waals surface area (Å²) in [5.74, 6) is 0.602. The second kappa shape index (κ2) is 6.52. The van der Waals surface area contributed by atoms with Crippen LogP contribution in [-0.4, -0.2) is 54.8 Å². The normalized spacial score (nSPS) is 25.8. The van der Waals surface area contributed by atoms with Gasteiger partial charge in [0.25, 0.3) is 10.2 Å². The quantitative estimate of drug-likeness (QED) is 0.841. The number of nitrogens with zero attached hydrogens (tertiary/aromatic N) is 2. The second-order valence-electron chi connectivity index (χ2n) is 7.40. The van der Waals surface area contributed by atoms with Gasteiger partial charge < -0.3 is 5.32 Å². The summed E-state index contributed by atoms with van der Waals surface area (Å²) < 4.78 is 29.0. The van der Waals surface area contributed by atoms with Gasteiger partial charge in [-0.05, 0) is 52.0 Å². The molecule has 0 aliphatic carbocycles. The first-order valence-electron chi connectivity index (χ1n) is 8.25. The van der Waals surface area contributed by atoms with Crippen LogP contribution in [0.2, 0.25) is 0 Å². The highest BCUT2D eigenvalue weighted by Gasteiger charge is 2.43. The Morgan fingerprint density at radius 3 is 2.29 bits per heavy atom. The fourth-order valence-electron chi connectivity index (χ4n) is 3.40. The van der Waals surface area contributed by atoms with Crippen LogP contribution in [0.1, 0.15) is 53.4 Å². The largest absolute Gasteiger partial charge is 0.314 e. The van der Waals surface area contributed by atoms with Gasteiger partial charge in [0.2, 0.25) is 0 Å². The van der Waals surface area contributed by atoms with Crippen molar-refractivity contribution < 1.29 is 8.42 Å². The van der Waals surface area contributed by atoms with Crippen molar-refractivity contribution in [3.63, 3.8) is 0 Å². The van der Waals surface area contributed by atoms with Crippen LogP contribution in [0, 0.1) is 5.92 Å². The van der Waals surface area contributed by atoms with Crippen molar-refractivity contribution in [3.05, 3.63) is 0 Å². The monoisotopic (exact) mass is 317 g/mol. The van der Waals surface area contributed by atoms with Crippen molar-refractivity contribution >= 4 is 10.2 Å². The zero-order valence-electron chi connectivity index (χ0n) is 13.9. The van der Waals surface area contributed by atoms with Gasteiger partial charge in [0.05, 0.1) is 0 Å². The lowest BCUT2D eigenvalue weighted by atomic mass is 9.98. The van der Waals surface area contributed by atoms with Crippen molar-refractivity contribution in [2.75, 3.05) is 26.2 Å². The SMILES string of the molecule is CC(C)NCC1CCN(S(=O)(=O)N2CCCC2(C)C)CC1. The summed E-state index contributed by atoms with van der Waals surface area (Å²) in [6.07, 6.45) is 3.86. The molecular formula is C15H31N3O2S. The fourth-order valence-corrected chi connectivity index (χ4v) is 5.42. The van der Waals surface area contributed by atoms with Crippen LogP contribution in [0.25, 0.3) is 0 Å². The van der Waals surface area contributed by atoms with Gasteiger partial charge in [-0.2, -0.15) is 17.0 Å². The van der Waals surface area contributed by atoms with Crippen LogP contribution >= 0.6 is 0 Å². The molecule has 0 spiro atoms. The molecular weight excluding hydrogens is 286 g/mol. The summed E-state index contributed by atoms with van der Waals surface area (Å²) in [7, 11) is -3.28. The van der Waals surface area contributed by atoms with Crippen LogP contribution in [0.3, 0.4) is 0 Å². The molecule has 0 aromatic carbocycles. The van der Waals surface area contributed by atoms with Gasteiger partial charge in [0.1, 0.15) is 0 Å². The van der Waals surface area contributed by atoms with Gasteiger partial charge in [-0.1, -0.05) is 13.8 Å². The van der Waals surface area contributed by atoms with E-state index in [1.54, 1.807) is 8.61 Å². The van der Waals surface area contributed by atoms with Crippen molar-refractivity contribution in [2.45, 2.75) is 65.0 Å². The Balaban J connectivity index is 1.92. The van der Waals surface area contributed by atoms with E-state index in [1.165, 1.54) is 0 Å². The smallest absolute Gasteiger partial charge is 0.282 e. The molecule has 5 nitrogen and oxygen atoms in total. The number of hydrogen-bond acceptors (Lipinski definition) is 3. The molecule has 0 amide bonds. The maximum Gasteiger partial charge on any atom is 0.282 e. The standard InChI is InChI=1S/C15H31N3O2S/c1-13(2)16-12-14-6-10-17(11-7-14)21(19,20)18-9-5-8-15(18,3)4/h13-14,16H,5-12H2,1-4H3. The first kappa shape index (κ1) is 17.2. The van der Waals surface area contributed by atoms with E-state index in [4.69, 9.17) is 0 Å². The lowest BCUT2D eigenvalue weighted by Crippen LogP contribution is -2.52. The molecule has 2 heterocycles. The summed E-state index contributed by atoms with van der Waals surface area (Å²) in [5.41, 5.74) is -0.227. The predicted molar refractivity (Wildman–Crippen MR) is 86.4 cm³/mol. The van der Waals surface area contributed by atoms with Gasteiger partial charge in [-0.25, -0.2) is 0 Å². The molecule has 2 rings (SSSR count). The molecule has 0 atom stereocenters. The van der Waals surface area contributed by atoms with E-state index in [2.05, 4.69) is 19.2 Å². The van der Waals surface area contributed by atoms with Crippen LogP contribution in [0.4, 0.5) is 0 Å². The Kier molecular flexibility index (Phi) is 5.34. The highest BCUT2D eigenvalue weighted by atomic mass is 32.2. The summed E-state index contributed by atoms with van der Waals surface area (Å²) in [6, 6.07) is 0.497. The van der Waals surface area contributed by atoms with Crippen LogP contribution in [0.15, 0.2) is 0 Å². The van der Waals surface area contributed by atoms with E-state index in [9.17, 15) is 8.42 Å². The van der Waals surface area contributed by atoms with Crippen LogP contribution in [0.5, 0.6) is 0 Å². The minimum atomic E-state index is -3.28. The molecule has 2 saturated heterocycles. The first-order valence-corrected chi connectivity index (χ1v) is 9.64. The minimum absolute atomic E-state index is 0.227. The lowest BCUT2D eigenvalue weighted by Gasteiger charge is -2.38. The summed E-state index contributed by atoms with van der Waals surface area (Å²) >= 11 is 0. The number of piperidine rings is 1. The molecule has 0 aromatic heterocycles. The average molecular weight is 317 g/mol. The maximum atomic E-state index is 12.8. The molecule has 2 aliphatic rings. The van der Waals surface area contributed by atoms with E-state index < -0.39 is 10.2 Å². The Bertz CT molecular complexity index is 440. The zero-order valence-corrected chi connectivity index (χ0v) is 14.7. The van der Waals surface area contributed by atoms with Crippen molar-refractivity contribution in [1.82, 2.24) is 13.9 Å². The van der Waals surface area contributed by atoms with Gasteiger partial charge >= 0.3 is 0 Å². The molecule has 0 radical (unpaired) electrons. The molecule has 124 valence electrons. The number of rotatable bonds is 5. The van der Waals surface area contributed by atoms with Gasteiger partial charge in [-0.15, -0.1) is 0 Å². The second-order valence-corrected chi connectivity index (χ2v) is 9.25. The highest BCUT2D eigenvalue weighted by molar-refractivity contribution is 7.86. The third-order valence-corrected chi connectivity index (χ3v) is 7.07. The average Bonchev–Trinajstić information content (AvgIpc) is 2.77. The van der Waals surface area contributed by atoms with Crippen molar-refractivity contribution in [1.29, 1.82) is 0 Å². The van der Waals surface area contributed by atoms with E-state index in [-0.39, 0.29) is 5.54 Å². The van der Waals surface area contributed by atoms with E-state index in [0.29, 0.717) is 31.6 Å². The molecule has 2 aliphatic heterocycles. The lowest BCUT2D eigenvalue weighted by molar-refractivity contribution is 0.223. The first-order chi connectivity index (χ1) is 9.73. The Morgan fingerprint density at radius 1 is 1.19 bits per heavy atom. The van der Waals surface area contributed by atoms with Gasteiger partial charge in [-0.3, -0.25) is 0 Å².